The number of rotatable bonds is 21. The Kier molecular flexibility index (Phi) is 18.4. The summed E-state index contributed by atoms with van der Waals surface area (Å²) in [5.74, 6) is -6.81. The van der Waals surface area contributed by atoms with Gasteiger partial charge in [-0.25, -0.2) is 0 Å². The van der Waals surface area contributed by atoms with Gasteiger partial charge in [-0.2, -0.15) is 24.9 Å². The fourth-order valence-electron chi connectivity index (χ4n) is 4.44. The Bertz CT molecular complexity index is 1370. The Morgan fingerprint density at radius 2 is 1.24 bits per heavy atom. The molecule has 16 nitrogen and oxygen atoms in total. The lowest BCUT2D eigenvalue weighted by Gasteiger charge is -2.33. The van der Waals surface area contributed by atoms with E-state index in [-0.39, 0.29) is 25.8 Å². The number of carbonyl (C=O) groups is 7. The highest BCUT2D eigenvalue weighted by Gasteiger charge is 2.59. The molecular formula is C31H47F3N8O8S. The smallest absolute Gasteiger partial charge is 0.419 e. The van der Waals surface area contributed by atoms with Gasteiger partial charge in [0, 0.05) is 0 Å². The molecule has 1 aromatic carbocycles. The van der Waals surface area contributed by atoms with Gasteiger partial charge in [-0.3, -0.25) is 33.6 Å². The number of benzene rings is 1. The van der Waals surface area contributed by atoms with Crippen LogP contribution in [0.25, 0.3) is 0 Å². The van der Waals surface area contributed by atoms with E-state index in [0.29, 0.717) is 12.2 Å². The second-order valence-electron chi connectivity index (χ2n) is 11.6. The number of thioether (sulfide) groups is 1. The van der Waals surface area contributed by atoms with Gasteiger partial charge in [0.15, 0.2) is 0 Å². The molecule has 6 amide bonds. The summed E-state index contributed by atoms with van der Waals surface area (Å²) in [6.45, 7) is 3.44. The number of aliphatic carboxylic acids is 1. The van der Waals surface area contributed by atoms with Crippen molar-refractivity contribution in [3.8, 4) is 0 Å². The zero-order valence-corrected chi connectivity index (χ0v) is 29.5. The normalized spacial score (nSPS) is 15.4. The summed E-state index contributed by atoms with van der Waals surface area (Å²) in [4.78, 5) is 87.8. The highest BCUT2D eigenvalue weighted by molar-refractivity contribution is 7.98. The number of carbonyl (C=O) groups excluding carboxylic acids is 6. The summed E-state index contributed by atoms with van der Waals surface area (Å²) >= 11 is 1.32. The van der Waals surface area contributed by atoms with E-state index >= 15 is 0 Å². The van der Waals surface area contributed by atoms with Crippen molar-refractivity contribution in [1.82, 2.24) is 31.9 Å². The fourth-order valence-corrected chi connectivity index (χ4v) is 4.91. The number of amides is 6. The second-order valence-corrected chi connectivity index (χ2v) is 12.6. The van der Waals surface area contributed by atoms with Crippen LogP contribution in [0, 0.1) is 0 Å². The van der Waals surface area contributed by atoms with Crippen LogP contribution in [0.4, 0.5) is 13.2 Å². The minimum atomic E-state index is -5.25. The summed E-state index contributed by atoms with van der Waals surface area (Å²) < 4.78 is 42.8. The summed E-state index contributed by atoms with van der Waals surface area (Å²) in [6.07, 6.45) is -3.01. The molecule has 0 aliphatic carbocycles. The lowest BCUT2D eigenvalue weighted by molar-refractivity contribution is -0.195. The molecule has 0 bridgehead atoms. The Hall–Kier alpha value is -4.43. The number of nitrogens with two attached hydrogens (primary N) is 2. The first-order valence-electron chi connectivity index (χ1n) is 15.9. The van der Waals surface area contributed by atoms with E-state index in [1.807, 2.05) is 0 Å². The van der Waals surface area contributed by atoms with Crippen LogP contribution < -0.4 is 43.4 Å². The summed E-state index contributed by atoms with van der Waals surface area (Å²) in [6, 6.07) is -0.349. The summed E-state index contributed by atoms with van der Waals surface area (Å²) in [5, 5.41) is 22.5. The van der Waals surface area contributed by atoms with Crippen LogP contribution >= 0.6 is 11.8 Å². The summed E-state index contributed by atoms with van der Waals surface area (Å²) in [5.41, 5.74) is 7.18. The third kappa shape index (κ3) is 14.0. The van der Waals surface area contributed by atoms with E-state index in [2.05, 4.69) is 31.9 Å². The maximum atomic E-state index is 14.3. The zero-order valence-electron chi connectivity index (χ0n) is 28.7. The van der Waals surface area contributed by atoms with Crippen LogP contribution in [0.3, 0.4) is 0 Å². The lowest BCUT2D eigenvalue weighted by atomic mass is 9.88. The molecule has 0 aliphatic heterocycles. The third-order valence-corrected chi connectivity index (χ3v) is 8.16. The lowest BCUT2D eigenvalue weighted by Crippen LogP contribution is -2.64. The molecule has 0 spiro atoms. The molecule has 286 valence electrons. The van der Waals surface area contributed by atoms with Gasteiger partial charge < -0.3 is 48.5 Å². The van der Waals surface area contributed by atoms with Gasteiger partial charge in [0.1, 0.15) is 36.8 Å². The molecule has 0 aromatic heterocycles. The molecular weight excluding hydrogens is 701 g/mol. The van der Waals surface area contributed by atoms with Crippen LogP contribution in [0.1, 0.15) is 52.0 Å². The maximum Gasteiger partial charge on any atom is 0.419 e. The Labute approximate surface area is 297 Å². The molecule has 0 unspecified atom stereocenters. The van der Waals surface area contributed by atoms with Crippen LogP contribution in [-0.2, 0) is 39.1 Å². The molecule has 0 saturated heterocycles. The van der Waals surface area contributed by atoms with Gasteiger partial charge in [0.25, 0.3) is 5.91 Å². The first-order chi connectivity index (χ1) is 23.8. The van der Waals surface area contributed by atoms with E-state index in [4.69, 9.17) is 16.6 Å². The average molecular weight is 749 g/mol. The van der Waals surface area contributed by atoms with Gasteiger partial charge >= 0.3 is 12.1 Å². The molecule has 51 heavy (non-hydrogen) atoms. The number of nitrogens with one attached hydrogen (secondary N) is 6. The van der Waals surface area contributed by atoms with Gasteiger partial charge in [0.2, 0.25) is 35.1 Å². The molecule has 6 atom stereocenters. The zero-order chi connectivity index (χ0) is 38.9. The maximum absolute atomic E-state index is 14.3. The molecule has 0 heterocycles. The molecule has 1 aromatic rings. The van der Waals surface area contributed by atoms with E-state index in [9.17, 15) is 46.7 Å². The van der Waals surface area contributed by atoms with Crippen molar-refractivity contribution in [2.45, 2.75) is 88.4 Å². The minimum absolute atomic E-state index is 0.0323. The Morgan fingerprint density at radius 3 is 1.73 bits per heavy atom. The predicted molar refractivity (Wildman–Crippen MR) is 182 cm³/mol. The molecule has 0 aliphatic rings. The fraction of sp³-hybridized carbons (Fsp3) is 0.581. The van der Waals surface area contributed by atoms with Crippen molar-refractivity contribution in [2.24, 2.45) is 11.5 Å². The van der Waals surface area contributed by atoms with Crippen LogP contribution in [-0.4, -0.2) is 108 Å². The van der Waals surface area contributed by atoms with Gasteiger partial charge in [-0.1, -0.05) is 30.3 Å². The number of carboxylic acid groups (broad SMARTS) is 1. The van der Waals surface area contributed by atoms with Gasteiger partial charge in [-0.15, -0.1) is 0 Å². The predicted octanol–water partition coefficient (Wildman–Crippen LogP) is -1.03. The SMILES string of the molecule is CSCC[C@H](NC(=O)[C@H](CCCCN)NC(=O)[C@](N)(c1ccccc1)C(F)(F)F)C(=O)N[C@@H](C)C(=O)N[C@@H](C)C(=O)N[C@@H](C)C(=O)NCC(=O)O. The largest absolute Gasteiger partial charge is 0.480 e. The minimum Gasteiger partial charge on any atom is -0.480 e. The highest BCUT2D eigenvalue weighted by Crippen LogP contribution is 2.37. The molecule has 1 rings (SSSR count). The van der Waals surface area contributed by atoms with Crippen LogP contribution in [0.5, 0.6) is 0 Å². The number of hydrogen-bond donors (Lipinski definition) is 9. The molecule has 0 saturated carbocycles. The van der Waals surface area contributed by atoms with Gasteiger partial charge in [-0.05, 0) is 70.6 Å². The first kappa shape index (κ1) is 44.6. The standard InChI is InChI=1S/C31H47F3N8O8S/c1-17(24(45)37-16-23(43)44)38-25(46)18(2)39-26(47)19(3)40-27(48)22(13-15-51-4)41-28(49)21(12-8-9-14-35)42-29(50)30(36,31(32,33)34)20-10-6-5-7-11-20/h5-7,10-11,17-19,21-22H,8-9,12-16,35-36H2,1-4H3,(H,37,45)(H,38,46)(H,39,47)(H,40,48)(H,41,49)(H,42,50)(H,43,44)/t17-,18-,19-,21-,22-,30+/m0/s1. The van der Waals surface area contributed by atoms with E-state index < -0.39 is 95.4 Å². The second kappa shape index (κ2) is 21.1. The van der Waals surface area contributed by atoms with Crippen molar-refractivity contribution < 1.29 is 51.8 Å². The Morgan fingerprint density at radius 1 is 0.745 bits per heavy atom. The number of alkyl halides is 3. The molecule has 20 heteroatoms. The quantitative estimate of drug-likeness (QED) is 0.0687. The number of carboxylic acids is 1. The van der Waals surface area contributed by atoms with Crippen LogP contribution in [0.2, 0.25) is 0 Å². The van der Waals surface area contributed by atoms with Crippen molar-refractivity contribution in [3.63, 3.8) is 0 Å². The first-order valence-corrected chi connectivity index (χ1v) is 17.3. The molecule has 0 radical (unpaired) electrons. The topological polar surface area (TPSA) is 264 Å². The highest BCUT2D eigenvalue weighted by atomic mass is 32.2. The van der Waals surface area contributed by atoms with E-state index in [1.165, 1.54) is 50.7 Å². The monoisotopic (exact) mass is 748 g/mol. The van der Waals surface area contributed by atoms with Crippen molar-refractivity contribution in [2.75, 3.05) is 25.1 Å². The van der Waals surface area contributed by atoms with Gasteiger partial charge in [0.05, 0.1) is 0 Å². The molecule has 0 fully saturated rings. The summed E-state index contributed by atoms with van der Waals surface area (Å²) in [7, 11) is 0. The number of unbranched alkanes of at least 4 members (excludes halogenated alkanes) is 1. The number of halogens is 3. The molecule has 11 N–H and O–H groups in total. The van der Waals surface area contributed by atoms with Crippen molar-refractivity contribution in [3.05, 3.63) is 35.9 Å². The third-order valence-electron chi connectivity index (χ3n) is 7.52. The van der Waals surface area contributed by atoms with Crippen molar-refractivity contribution in [1.29, 1.82) is 0 Å². The van der Waals surface area contributed by atoms with E-state index in [0.717, 1.165) is 12.1 Å². The average Bonchev–Trinajstić information content (AvgIpc) is 3.07. The Balaban J connectivity index is 3.06. The number of hydrogen-bond acceptors (Lipinski definition) is 10. The van der Waals surface area contributed by atoms with E-state index in [1.54, 1.807) is 6.26 Å². The van der Waals surface area contributed by atoms with Crippen molar-refractivity contribution >= 4 is 53.2 Å². The van der Waals surface area contributed by atoms with Crippen LogP contribution in [0.15, 0.2) is 30.3 Å².